The molecular weight excluding hydrogens is 234 g/mol. The van der Waals surface area contributed by atoms with Gasteiger partial charge < -0.3 is 4.90 Å². The number of hydrogen-bond donors (Lipinski definition) is 0. The number of alkyl halides is 1. The molecule has 17 heavy (non-hydrogen) atoms. The van der Waals surface area contributed by atoms with Crippen LogP contribution in [0.3, 0.4) is 0 Å². The molecule has 0 saturated heterocycles. The first kappa shape index (κ1) is 12.4. The third-order valence-electron chi connectivity index (χ3n) is 3.43. The topological polar surface area (TPSA) is 20.3 Å². The van der Waals surface area contributed by atoms with Crippen molar-refractivity contribution in [3.05, 3.63) is 35.9 Å². The Kier molecular flexibility index (Phi) is 4.06. The van der Waals surface area contributed by atoms with Gasteiger partial charge in [0.05, 0.1) is 0 Å². The van der Waals surface area contributed by atoms with Gasteiger partial charge in [0.2, 0.25) is 5.91 Å². The Labute approximate surface area is 108 Å². The summed E-state index contributed by atoms with van der Waals surface area (Å²) < 4.78 is 0. The summed E-state index contributed by atoms with van der Waals surface area (Å²) in [6.07, 6.45) is 2.48. The molecule has 1 amide bonds. The molecule has 1 saturated carbocycles. The molecule has 1 fully saturated rings. The minimum absolute atomic E-state index is 0.0370. The summed E-state index contributed by atoms with van der Waals surface area (Å²) >= 11 is 5.69. The van der Waals surface area contributed by atoms with E-state index >= 15 is 0 Å². The Morgan fingerprint density at radius 2 is 2.06 bits per heavy atom. The van der Waals surface area contributed by atoms with Crippen LogP contribution in [-0.4, -0.2) is 22.7 Å². The Morgan fingerprint density at radius 3 is 2.59 bits per heavy atom. The number of nitrogens with zero attached hydrogens (tertiary/aromatic N) is 1. The largest absolute Gasteiger partial charge is 0.334 e. The minimum atomic E-state index is 0.0370. The summed E-state index contributed by atoms with van der Waals surface area (Å²) in [5, 5.41) is 0. The number of carbonyl (C=O) groups is 1. The summed E-state index contributed by atoms with van der Waals surface area (Å²) in [7, 11) is 0. The van der Waals surface area contributed by atoms with E-state index in [9.17, 15) is 4.79 Å². The zero-order chi connectivity index (χ0) is 12.3. The zero-order valence-electron chi connectivity index (χ0n) is 10.1. The highest BCUT2D eigenvalue weighted by Crippen LogP contribution is 2.35. The molecule has 2 rings (SSSR count). The average Bonchev–Trinajstić information content (AvgIpc) is 3.20. The summed E-state index contributed by atoms with van der Waals surface area (Å²) in [5.74, 6) is 0.782. The molecule has 0 bridgehead atoms. The summed E-state index contributed by atoms with van der Waals surface area (Å²) in [6.45, 7) is 2.80. The highest BCUT2D eigenvalue weighted by atomic mass is 35.5. The van der Waals surface area contributed by atoms with Gasteiger partial charge in [0.25, 0.3) is 0 Å². The van der Waals surface area contributed by atoms with Crippen LogP contribution in [0.5, 0.6) is 0 Å². The van der Waals surface area contributed by atoms with E-state index in [0.29, 0.717) is 18.5 Å². The first-order valence-corrected chi connectivity index (χ1v) is 6.65. The molecule has 1 aliphatic rings. The van der Waals surface area contributed by atoms with Crippen molar-refractivity contribution in [1.82, 2.24) is 4.90 Å². The van der Waals surface area contributed by atoms with Crippen molar-refractivity contribution in [3.8, 4) is 0 Å². The smallest absolute Gasteiger partial charge is 0.238 e. The predicted molar refractivity (Wildman–Crippen MR) is 69.9 cm³/mol. The average molecular weight is 252 g/mol. The van der Waals surface area contributed by atoms with E-state index in [0.717, 1.165) is 0 Å². The third kappa shape index (κ3) is 3.22. The van der Waals surface area contributed by atoms with E-state index in [2.05, 4.69) is 6.92 Å². The molecule has 1 aliphatic carbocycles. The van der Waals surface area contributed by atoms with Crippen molar-refractivity contribution in [2.24, 2.45) is 5.92 Å². The number of rotatable bonds is 5. The molecule has 0 spiro atoms. The van der Waals surface area contributed by atoms with Crippen LogP contribution in [0.25, 0.3) is 0 Å². The van der Waals surface area contributed by atoms with Gasteiger partial charge in [-0.25, -0.2) is 0 Å². The quantitative estimate of drug-likeness (QED) is 0.737. The number of carbonyl (C=O) groups excluding carboxylic acids is 1. The molecule has 0 unspecified atom stereocenters. The van der Waals surface area contributed by atoms with Crippen LogP contribution in [0.15, 0.2) is 30.3 Å². The number of amides is 1. The van der Waals surface area contributed by atoms with Crippen molar-refractivity contribution in [3.63, 3.8) is 0 Å². The van der Waals surface area contributed by atoms with Gasteiger partial charge in [-0.15, -0.1) is 11.6 Å². The summed E-state index contributed by atoms with van der Waals surface area (Å²) in [4.78, 5) is 13.8. The van der Waals surface area contributed by atoms with Crippen molar-refractivity contribution in [1.29, 1.82) is 0 Å². The lowest BCUT2D eigenvalue weighted by molar-refractivity contribution is -0.131. The fourth-order valence-electron chi connectivity index (χ4n) is 2.15. The van der Waals surface area contributed by atoms with Crippen molar-refractivity contribution in [2.75, 3.05) is 5.88 Å². The van der Waals surface area contributed by atoms with E-state index < -0.39 is 0 Å². The van der Waals surface area contributed by atoms with E-state index in [1.165, 1.54) is 18.4 Å². The van der Waals surface area contributed by atoms with E-state index in [4.69, 9.17) is 11.6 Å². The van der Waals surface area contributed by atoms with Gasteiger partial charge in [-0.05, 0) is 31.2 Å². The number of halogens is 1. The molecule has 1 aromatic rings. The van der Waals surface area contributed by atoms with Crippen LogP contribution in [0, 0.1) is 5.92 Å². The SMILES string of the molecule is C[C@H](C1CC1)N(Cc1ccccc1)C(=O)CCl. The molecule has 3 heteroatoms. The molecule has 1 aromatic carbocycles. The fraction of sp³-hybridized carbons (Fsp3) is 0.500. The maximum Gasteiger partial charge on any atom is 0.238 e. The molecule has 0 heterocycles. The van der Waals surface area contributed by atoms with Gasteiger partial charge in [-0.1, -0.05) is 30.3 Å². The predicted octanol–water partition coefficient (Wildman–Crippen LogP) is 3.05. The van der Waals surface area contributed by atoms with Crippen LogP contribution in [0.1, 0.15) is 25.3 Å². The highest BCUT2D eigenvalue weighted by molar-refractivity contribution is 6.27. The lowest BCUT2D eigenvalue weighted by Crippen LogP contribution is -2.40. The van der Waals surface area contributed by atoms with Crippen LogP contribution in [0.2, 0.25) is 0 Å². The van der Waals surface area contributed by atoms with Gasteiger partial charge in [0.15, 0.2) is 0 Å². The van der Waals surface area contributed by atoms with Crippen molar-refractivity contribution >= 4 is 17.5 Å². The first-order valence-electron chi connectivity index (χ1n) is 6.11. The normalized spacial score (nSPS) is 16.6. The second-order valence-corrected chi connectivity index (χ2v) is 4.99. The molecule has 0 radical (unpaired) electrons. The molecule has 0 aliphatic heterocycles. The number of hydrogen-bond acceptors (Lipinski definition) is 1. The van der Waals surface area contributed by atoms with Crippen molar-refractivity contribution in [2.45, 2.75) is 32.4 Å². The standard InChI is InChI=1S/C14H18ClNO/c1-11(13-7-8-13)16(14(17)9-15)10-12-5-3-2-4-6-12/h2-6,11,13H,7-10H2,1H3/t11-/m1/s1. The van der Waals surface area contributed by atoms with Gasteiger partial charge in [-0.2, -0.15) is 0 Å². The van der Waals surface area contributed by atoms with Gasteiger partial charge >= 0.3 is 0 Å². The molecule has 2 nitrogen and oxygen atoms in total. The Hall–Kier alpha value is -1.02. The highest BCUT2D eigenvalue weighted by Gasteiger charge is 2.33. The summed E-state index contributed by atoms with van der Waals surface area (Å²) in [6, 6.07) is 10.4. The van der Waals surface area contributed by atoms with E-state index in [1.807, 2.05) is 35.2 Å². The van der Waals surface area contributed by atoms with Gasteiger partial charge in [0.1, 0.15) is 5.88 Å². The molecule has 1 atom stereocenters. The Balaban J connectivity index is 2.07. The van der Waals surface area contributed by atoms with Gasteiger partial charge in [0, 0.05) is 12.6 Å². The second-order valence-electron chi connectivity index (χ2n) is 4.72. The van der Waals surface area contributed by atoms with Crippen LogP contribution < -0.4 is 0 Å². The summed E-state index contributed by atoms with van der Waals surface area (Å²) in [5.41, 5.74) is 1.17. The van der Waals surface area contributed by atoms with Crippen LogP contribution >= 0.6 is 11.6 Å². The lowest BCUT2D eigenvalue weighted by atomic mass is 10.1. The maximum absolute atomic E-state index is 11.9. The van der Waals surface area contributed by atoms with Crippen LogP contribution in [0.4, 0.5) is 0 Å². The van der Waals surface area contributed by atoms with Crippen LogP contribution in [-0.2, 0) is 11.3 Å². The maximum atomic E-state index is 11.9. The lowest BCUT2D eigenvalue weighted by Gasteiger charge is -2.29. The molecule has 0 aromatic heterocycles. The monoisotopic (exact) mass is 251 g/mol. The van der Waals surface area contributed by atoms with Gasteiger partial charge in [-0.3, -0.25) is 4.79 Å². The Bertz CT molecular complexity index is 375. The van der Waals surface area contributed by atoms with E-state index in [-0.39, 0.29) is 11.8 Å². The zero-order valence-corrected chi connectivity index (χ0v) is 10.9. The third-order valence-corrected chi connectivity index (χ3v) is 3.65. The second kappa shape index (κ2) is 5.54. The van der Waals surface area contributed by atoms with E-state index in [1.54, 1.807) is 0 Å². The van der Waals surface area contributed by atoms with Crippen molar-refractivity contribution < 1.29 is 4.79 Å². The fourth-order valence-corrected chi connectivity index (χ4v) is 2.30. The first-order chi connectivity index (χ1) is 8.22. The Morgan fingerprint density at radius 1 is 1.41 bits per heavy atom. The number of benzene rings is 1. The molecule has 0 N–H and O–H groups in total. The molecular formula is C14H18ClNO. The minimum Gasteiger partial charge on any atom is -0.334 e. The molecule has 92 valence electrons.